The molecule has 0 spiro atoms. The molecule has 0 bridgehead atoms. The highest BCUT2D eigenvalue weighted by Gasteiger charge is 2.46. The van der Waals surface area contributed by atoms with Crippen molar-refractivity contribution in [2.45, 2.75) is 52.9 Å². The summed E-state index contributed by atoms with van der Waals surface area (Å²) in [6.45, 7) is 6.32. The first-order chi connectivity index (χ1) is 10.3. The van der Waals surface area contributed by atoms with E-state index in [1.54, 1.807) is 13.8 Å². The Labute approximate surface area is 132 Å². The van der Waals surface area contributed by atoms with Crippen LogP contribution in [0.15, 0.2) is 16.3 Å². The number of aliphatic imine (C=N–C) groups is 1. The summed E-state index contributed by atoms with van der Waals surface area (Å²) in [4.78, 5) is 28.3. The second-order valence-electron chi connectivity index (χ2n) is 6.44. The van der Waals surface area contributed by atoms with Gasteiger partial charge in [0.1, 0.15) is 11.7 Å². The molecule has 1 aliphatic rings. The second-order valence-corrected chi connectivity index (χ2v) is 6.44. The first-order valence-corrected chi connectivity index (χ1v) is 7.89. The average molecular weight is 309 g/mol. The molecule has 124 valence electrons. The monoisotopic (exact) mass is 309 g/mol. The van der Waals surface area contributed by atoms with Crippen molar-refractivity contribution in [3.8, 4) is 0 Å². The summed E-state index contributed by atoms with van der Waals surface area (Å²) in [5.41, 5.74) is -0.516. The minimum atomic E-state index is -0.822. The summed E-state index contributed by atoms with van der Waals surface area (Å²) in [5.74, 6) is -1.74. The van der Waals surface area contributed by atoms with E-state index >= 15 is 0 Å². The Hall–Kier alpha value is -1.65. The van der Waals surface area contributed by atoms with Gasteiger partial charge in [-0.1, -0.05) is 40.0 Å². The summed E-state index contributed by atoms with van der Waals surface area (Å²) in [5, 5.41) is 10.3. The number of nitrogens with zero attached hydrogens (tertiary/aromatic N) is 1. The van der Waals surface area contributed by atoms with E-state index < -0.39 is 17.3 Å². The van der Waals surface area contributed by atoms with Gasteiger partial charge in [-0.25, -0.2) is 0 Å². The van der Waals surface area contributed by atoms with E-state index in [2.05, 4.69) is 11.9 Å². The molecule has 22 heavy (non-hydrogen) atoms. The minimum Gasteiger partial charge on any atom is -0.511 e. The molecule has 0 aromatic rings. The van der Waals surface area contributed by atoms with Gasteiger partial charge in [-0.15, -0.1) is 0 Å². The number of rotatable bonds is 7. The second kappa shape index (κ2) is 8.11. The van der Waals surface area contributed by atoms with E-state index in [-0.39, 0.29) is 23.5 Å². The Morgan fingerprint density at radius 1 is 1.41 bits per heavy atom. The third kappa shape index (κ3) is 4.42. The first kappa shape index (κ1) is 18.4. The molecule has 1 aliphatic carbocycles. The number of hydrogen-bond donors (Lipinski definition) is 1. The van der Waals surface area contributed by atoms with Gasteiger partial charge in [-0.2, -0.15) is 0 Å². The van der Waals surface area contributed by atoms with Crippen molar-refractivity contribution in [3.05, 3.63) is 11.3 Å². The smallest absolute Gasteiger partial charge is 0.316 e. The van der Waals surface area contributed by atoms with Crippen molar-refractivity contribution in [1.29, 1.82) is 0 Å². The van der Waals surface area contributed by atoms with Crippen molar-refractivity contribution in [1.82, 2.24) is 0 Å². The number of carbonyl (C=O) groups is 2. The fourth-order valence-corrected chi connectivity index (χ4v) is 2.75. The van der Waals surface area contributed by atoms with Gasteiger partial charge >= 0.3 is 5.97 Å². The molecule has 1 rings (SSSR count). The van der Waals surface area contributed by atoms with Crippen molar-refractivity contribution in [2.75, 3.05) is 13.7 Å². The number of aliphatic hydroxyl groups excluding tert-OH is 1. The van der Waals surface area contributed by atoms with Gasteiger partial charge in [0.25, 0.3) is 0 Å². The molecule has 0 fully saturated rings. The van der Waals surface area contributed by atoms with E-state index in [0.717, 1.165) is 19.3 Å². The number of hydrogen-bond acceptors (Lipinski definition) is 5. The quantitative estimate of drug-likeness (QED) is 0.445. The maximum Gasteiger partial charge on any atom is 0.316 e. The summed E-state index contributed by atoms with van der Waals surface area (Å²) < 4.78 is 4.76. The van der Waals surface area contributed by atoms with Gasteiger partial charge in [0.05, 0.1) is 12.7 Å². The lowest BCUT2D eigenvalue weighted by molar-refractivity contribution is -0.150. The van der Waals surface area contributed by atoms with E-state index in [1.807, 2.05) is 0 Å². The Morgan fingerprint density at radius 3 is 2.68 bits per heavy atom. The lowest BCUT2D eigenvalue weighted by Gasteiger charge is -2.35. The van der Waals surface area contributed by atoms with Crippen LogP contribution in [0.5, 0.6) is 0 Å². The highest BCUT2D eigenvalue weighted by Crippen LogP contribution is 2.41. The summed E-state index contributed by atoms with van der Waals surface area (Å²) in [6.07, 6.45) is 5.98. The van der Waals surface area contributed by atoms with Crippen LogP contribution < -0.4 is 0 Å². The molecule has 0 unspecified atom stereocenters. The third-order valence-corrected chi connectivity index (χ3v) is 4.05. The summed E-state index contributed by atoms with van der Waals surface area (Å²) in [6, 6.07) is 0. The van der Waals surface area contributed by atoms with Gasteiger partial charge in [-0.05, 0) is 11.8 Å². The molecule has 0 heterocycles. The molecule has 1 N–H and O–H groups in total. The molecule has 0 radical (unpaired) electrons. The predicted octanol–water partition coefficient (Wildman–Crippen LogP) is 3.24. The zero-order valence-electron chi connectivity index (χ0n) is 14.0. The minimum absolute atomic E-state index is 0.144. The molecule has 0 aromatic heterocycles. The number of Topliss-reactive ketones (excluding diaryl/α,β-unsaturated/α-hetero) is 1. The lowest BCUT2D eigenvalue weighted by Crippen LogP contribution is -2.40. The summed E-state index contributed by atoms with van der Waals surface area (Å²) >= 11 is 0. The Balaban J connectivity index is 2.88. The number of carbonyl (C=O) groups excluding carboxylic acids is 2. The van der Waals surface area contributed by atoms with Crippen LogP contribution in [0, 0.1) is 11.3 Å². The molecular formula is C17H27NO4. The molecule has 5 heteroatoms. The zero-order chi connectivity index (χ0) is 16.8. The standard InChI is InChI=1S/C17H27NO4/c1-5-6-7-8-9-18-11-12-13(19)10-17(2,3)14(15(12)20)16(21)22-4/h11,14,20H,5-10H2,1-4H3/t14-/m1/s1. The van der Waals surface area contributed by atoms with Crippen LogP contribution in [0.2, 0.25) is 0 Å². The molecule has 0 saturated heterocycles. The van der Waals surface area contributed by atoms with Gasteiger partial charge < -0.3 is 9.84 Å². The van der Waals surface area contributed by atoms with Gasteiger partial charge in [0, 0.05) is 19.2 Å². The van der Waals surface area contributed by atoms with Crippen LogP contribution in [-0.4, -0.2) is 36.7 Å². The predicted molar refractivity (Wildman–Crippen MR) is 86.1 cm³/mol. The highest BCUT2D eigenvalue weighted by atomic mass is 16.5. The van der Waals surface area contributed by atoms with Crippen LogP contribution >= 0.6 is 0 Å². The zero-order valence-corrected chi connectivity index (χ0v) is 14.0. The van der Waals surface area contributed by atoms with E-state index in [0.29, 0.717) is 6.54 Å². The maximum atomic E-state index is 12.2. The number of ether oxygens (including phenoxy) is 1. The number of ketones is 1. The van der Waals surface area contributed by atoms with E-state index in [4.69, 9.17) is 4.74 Å². The van der Waals surface area contributed by atoms with Crippen molar-refractivity contribution in [3.63, 3.8) is 0 Å². The largest absolute Gasteiger partial charge is 0.511 e. The van der Waals surface area contributed by atoms with E-state index in [9.17, 15) is 14.7 Å². The van der Waals surface area contributed by atoms with Crippen LogP contribution in [0.25, 0.3) is 0 Å². The lowest BCUT2D eigenvalue weighted by atomic mass is 9.68. The highest BCUT2D eigenvalue weighted by molar-refractivity contribution is 6.15. The molecule has 0 aliphatic heterocycles. The Bertz CT molecular complexity index is 477. The molecular weight excluding hydrogens is 282 g/mol. The number of aliphatic hydroxyl groups is 1. The Morgan fingerprint density at radius 2 is 2.09 bits per heavy atom. The molecule has 0 amide bonds. The van der Waals surface area contributed by atoms with Crippen LogP contribution in [0.4, 0.5) is 0 Å². The number of allylic oxidation sites excluding steroid dienone is 1. The molecule has 5 nitrogen and oxygen atoms in total. The fourth-order valence-electron chi connectivity index (χ4n) is 2.75. The fraction of sp³-hybridized carbons (Fsp3) is 0.706. The number of unbranched alkanes of at least 4 members (excludes halogenated alkanes) is 3. The normalized spacial score (nSPS) is 21.5. The molecule has 0 saturated carbocycles. The maximum absolute atomic E-state index is 12.2. The van der Waals surface area contributed by atoms with Crippen LogP contribution in [0.3, 0.4) is 0 Å². The number of methoxy groups -OCH3 is 1. The van der Waals surface area contributed by atoms with Crippen LogP contribution in [0.1, 0.15) is 52.9 Å². The number of esters is 1. The molecule has 1 atom stereocenters. The van der Waals surface area contributed by atoms with Crippen LogP contribution in [-0.2, 0) is 14.3 Å². The van der Waals surface area contributed by atoms with Gasteiger partial charge in [-0.3, -0.25) is 14.6 Å². The van der Waals surface area contributed by atoms with Crippen molar-refractivity contribution in [2.24, 2.45) is 16.3 Å². The van der Waals surface area contributed by atoms with Crippen molar-refractivity contribution >= 4 is 18.0 Å². The Kier molecular flexibility index (Phi) is 6.78. The van der Waals surface area contributed by atoms with Gasteiger partial charge in [0.15, 0.2) is 5.78 Å². The topological polar surface area (TPSA) is 76.0 Å². The van der Waals surface area contributed by atoms with Gasteiger partial charge in [0.2, 0.25) is 0 Å². The average Bonchev–Trinajstić information content (AvgIpc) is 2.44. The molecule has 0 aromatic carbocycles. The SMILES string of the molecule is CCCCCCN=CC1=C(O)[C@H](C(=O)OC)C(C)(C)CC1=O. The van der Waals surface area contributed by atoms with E-state index in [1.165, 1.54) is 19.7 Å². The first-order valence-electron chi connectivity index (χ1n) is 7.89. The van der Waals surface area contributed by atoms with Crippen molar-refractivity contribution < 1.29 is 19.4 Å². The summed E-state index contributed by atoms with van der Waals surface area (Å²) in [7, 11) is 1.28. The third-order valence-electron chi connectivity index (χ3n) is 4.05.